The van der Waals surface area contributed by atoms with Gasteiger partial charge in [0.2, 0.25) is 0 Å². The molecular formula is C12H6N4. The molecule has 0 spiro atoms. The zero-order valence-electron chi connectivity index (χ0n) is 8.79. The predicted octanol–water partition coefficient (Wildman–Crippen LogP) is 3.15. The van der Waals surface area contributed by atoms with Gasteiger partial charge in [-0.05, 0) is 25.0 Å². The van der Waals surface area contributed by atoms with Gasteiger partial charge in [0.25, 0.3) is 0 Å². The summed E-state index contributed by atoms with van der Waals surface area (Å²) >= 11 is 0. The molecule has 0 aliphatic carbocycles. The average molecular weight is 206 g/mol. The van der Waals surface area contributed by atoms with E-state index in [0.29, 0.717) is 11.1 Å². The van der Waals surface area contributed by atoms with Gasteiger partial charge in [0, 0.05) is 0 Å². The summed E-state index contributed by atoms with van der Waals surface area (Å²) in [6.07, 6.45) is 0. The molecule has 0 atom stereocenters. The van der Waals surface area contributed by atoms with Crippen molar-refractivity contribution in [2.45, 2.75) is 13.8 Å². The third kappa shape index (κ3) is 1.36. The van der Waals surface area contributed by atoms with Gasteiger partial charge in [-0.1, -0.05) is 0 Å². The highest BCUT2D eigenvalue weighted by atomic mass is 14.8. The molecule has 4 nitrogen and oxygen atoms in total. The van der Waals surface area contributed by atoms with Gasteiger partial charge in [-0.3, -0.25) is 0 Å². The Hall–Kier alpha value is -2.82. The molecule has 0 aliphatic rings. The van der Waals surface area contributed by atoms with Crippen molar-refractivity contribution in [2.75, 3.05) is 0 Å². The monoisotopic (exact) mass is 206 g/mol. The van der Waals surface area contributed by atoms with Crippen LogP contribution in [-0.4, -0.2) is 0 Å². The Bertz CT molecular complexity index is 517. The first-order valence-corrected chi connectivity index (χ1v) is 4.34. The standard InChI is InChI=1S/C12H6N4/c1-7-9(5-13)10(6-14)8(2)12(16-4)11(7)15-3/h1-2H3. The second-order valence-electron chi connectivity index (χ2n) is 3.14. The Morgan fingerprint density at radius 2 is 1.19 bits per heavy atom. The molecule has 0 aliphatic heterocycles. The quantitative estimate of drug-likeness (QED) is 0.612. The number of benzene rings is 1. The van der Waals surface area contributed by atoms with E-state index in [-0.39, 0.29) is 22.5 Å². The van der Waals surface area contributed by atoms with E-state index in [2.05, 4.69) is 9.69 Å². The Labute approximate surface area is 93.6 Å². The Balaban J connectivity index is 3.98. The lowest BCUT2D eigenvalue weighted by molar-refractivity contribution is 1.32. The maximum absolute atomic E-state index is 8.96. The molecule has 0 fully saturated rings. The fourth-order valence-corrected chi connectivity index (χ4v) is 1.52. The van der Waals surface area contributed by atoms with Crippen molar-refractivity contribution in [1.29, 1.82) is 10.5 Å². The molecule has 0 N–H and O–H groups in total. The van der Waals surface area contributed by atoms with Crippen LogP contribution in [0.3, 0.4) is 0 Å². The molecule has 0 bridgehead atoms. The van der Waals surface area contributed by atoms with Gasteiger partial charge in [-0.15, -0.1) is 0 Å². The molecule has 0 aromatic heterocycles. The smallest absolute Gasteiger partial charge is 0.199 e. The second-order valence-corrected chi connectivity index (χ2v) is 3.14. The van der Waals surface area contributed by atoms with Gasteiger partial charge < -0.3 is 0 Å². The minimum absolute atomic E-state index is 0.169. The van der Waals surface area contributed by atoms with E-state index in [9.17, 15) is 0 Å². The summed E-state index contributed by atoms with van der Waals surface area (Å²) in [5, 5.41) is 17.9. The fourth-order valence-electron chi connectivity index (χ4n) is 1.52. The van der Waals surface area contributed by atoms with Crippen molar-refractivity contribution >= 4 is 11.4 Å². The first-order valence-electron chi connectivity index (χ1n) is 4.34. The van der Waals surface area contributed by atoms with Crippen LogP contribution in [0.4, 0.5) is 11.4 Å². The molecule has 0 saturated carbocycles. The SMILES string of the molecule is [C-]#[N+]c1c(C)c(C#N)c(C#N)c(C)c1[N+]#[C-]. The molecule has 0 saturated heterocycles. The van der Waals surface area contributed by atoms with E-state index >= 15 is 0 Å². The minimum atomic E-state index is 0.169. The molecular weight excluding hydrogens is 200 g/mol. The van der Waals surface area contributed by atoms with E-state index in [4.69, 9.17) is 23.7 Å². The molecule has 4 heteroatoms. The van der Waals surface area contributed by atoms with Crippen molar-refractivity contribution < 1.29 is 0 Å². The molecule has 0 amide bonds. The number of hydrogen-bond acceptors (Lipinski definition) is 2. The highest BCUT2D eigenvalue weighted by Crippen LogP contribution is 2.39. The largest absolute Gasteiger partial charge is 0.250 e. The fraction of sp³-hybridized carbons (Fsp3) is 0.167. The maximum Gasteiger partial charge on any atom is 0.199 e. The van der Waals surface area contributed by atoms with E-state index in [1.165, 1.54) is 0 Å². The lowest BCUT2D eigenvalue weighted by atomic mass is 9.95. The third-order valence-electron chi connectivity index (χ3n) is 2.38. The number of nitriles is 2. The number of nitrogens with zero attached hydrogens (tertiary/aromatic N) is 4. The summed E-state index contributed by atoms with van der Waals surface area (Å²) in [5.41, 5.74) is 1.54. The van der Waals surface area contributed by atoms with Crippen molar-refractivity contribution in [2.24, 2.45) is 0 Å². The first kappa shape index (κ1) is 11.3. The van der Waals surface area contributed by atoms with Crippen LogP contribution in [0.25, 0.3) is 9.69 Å². The highest BCUT2D eigenvalue weighted by Gasteiger charge is 2.19. The summed E-state index contributed by atoms with van der Waals surface area (Å²) < 4.78 is 0. The molecule has 0 unspecified atom stereocenters. The van der Waals surface area contributed by atoms with Crippen molar-refractivity contribution in [1.82, 2.24) is 0 Å². The van der Waals surface area contributed by atoms with Gasteiger partial charge in [-0.2, -0.15) is 10.5 Å². The van der Waals surface area contributed by atoms with Crippen LogP contribution in [0.15, 0.2) is 0 Å². The van der Waals surface area contributed by atoms with Gasteiger partial charge >= 0.3 is 0 Å². The van der Waals surface area contributed by atoms with Crippen LogP contribution < -0.4 is 0 Å². The van der Waals surface area contributed by atoms with Gasteiger partial charge in [0.15, 0.2) is 11.4 Å². The van der Waals surface area contributed by atoms with Crippen molar-refractivity contribution in [3.05, 3.63) is 45.1 Å². The topological polar surface area (TPSA) is 56.3 Å². The lowest BCUT2D eigenvalue weighted by Gasteiger charge is -2.09. The number of hydrogen-bond donors (Lipinski definition) is 0. The lowest BCUT2D eigenvalue weighted by Crippen LogP contribution is -1.93. The Morgan fingerprint density at radius 1 is 0.875 bits per heavy atom. The van der Waals surface area contributed by atoms with Crippen molar-refractivity contribution in [3.63, 3.8) is 0 Å². The Kier molecular flexibility index (Phi) is 2.91. The summed E-state index contributed by atoms with van der Waals surface area (Å²) in [4.78, 5) is 6.52. The molecule has 0 radical (unpaired) electrons. The molecule has 1 aromatic rings. The summed E-state index contributed by atoms with van der Waals surface area (Å²) in [5.74, 6) is 0. The van der Waals surface area contributed by atoms with E-state index in [1.807, 2.05) is 12.1 Å². The number of rotatable bonds is 0. The molecule has 74 valence electrons. The summed E-state index contributed by atoms with van der Waals surface area (Å²) in [6.45, 7) is 17.2. The first-order chi connectivity index (χ1) is 7.62. The zero-order chi connectivity index (χ0) is 12.3. The Morgan fingerprint density at radius 3 is 1.38 bits per heavy atom. The average Bonchev–Trinajstić information content (AvgIpc) is 2.30. The maximum atomic E-state index is 8.96. The van der Waals surface area contributed by atoms with Gasteiger partial charge in [0.1, 0.15) is 0 Å². The molecule has 1 rings (SSSR count). The molecule has 0 heterocycles. The third-order valence-corrected chi connectivity index (χ3v) is 2.38. The van der Waals surface area contributed by atoms with Gasteiger partial charge in [0.05, 0.1) is 36.4 Å². The predicted molar refractivity (Wildman–Crippen MR) is 57.9 cm³/mol. The highest BCUT2D eigenvalue weighted by molar-refractivity contribution is 5.83. The normalized spacial score (nSPS) is 8.38. The summed E-state index contributed by atoms with van der Waals surface area (Å²) in [6, 6.07) is 3.83. The van der Waals surface area contributed by atoms with Crippen molar-refractivity contribution in [3.8, 4) is 12.1 Å². The van der Waals surface area contributed by atoms with Crippen LogP contribution in [-0.2, 0) is 0 Å². The molecule has 1 aromatic carbocycles. The second kappa shape index (κ2) is 4.14. The zero-order valence-corrected chi connectivity index (χ0v) is 8.79. The van der Waals surface area contributed by atoms with Gasteiger partial charge in [-0.25, -0.2) is 9.69 Å². The van der Waals surface area contributed by atoms with E-state index in [0.717, 1.165) is 0 Å². The van der Waals surface area contributed by atoms with E-state index < -0.39 is 0 Å². The van der Waals surface area contributed by atoms with Crippen LogP contribution in [0.1, 0.15) is 22.3 Å². The minimum Gasteiger partial charge on any atom is -0.250 e. The van der Waals surface area contributed by atoms with Crippen LogP contribution in [0.2, 0.25) is 0 Å². The van der Waals surface area contributed by atoms with Crippen LogP contribution >= 0.6 is 0 Å². The summed E-state index contributed by atoms with van der Waals surface area (Å²) in [7, 11) is 0. The molecule has 16 heavy (non-hydrogen) atoms. The van der Waals surface area contributed by atoms with Crippen LogP contribution in [0.5, 0.6) is 0 Å². The van der Waals surface area contributed by atoms with E-state index in [1.54, 1.807) is 13.8 Å². The van der Waals surface area contributed by atoms with Crippen LogP contribution in [0, 0.1) is 49.7 Å².